The monoisotopic (exact) mass is 315 g/mol. The van der Waals surface area contributed by atoms with Gasteiger partial charge in [0, 0.05) is 26.8 Å². The Morgan fingerprint density at radius 2 is 1.70 bits per heavy atom. The summed E-state index contributed by atoms with van der Waals surface area (Å²) in [6, 6.07) is 7.03. The second-order valence-electron chi connectivity index (χ2n) is 7.63. The quantitative estimate of drug-likeness (QED) is 0.641. The van der Waals surface area contributed by atoms with Gasteiger partial charge in [0.15, 0.2) is 6.20 Å². The van der Waals surface area contributed by atoms with Crippen LogP contribution in [0.15, 0.2) is 30.5 Å². The van der Waals surface area contributed by atoms with E-state index in [1.165, 1.54) is 0 Å². The van der Waals surface area contributed by atoms with Crippen molar-refractivity contribution < 1.29 is 14.2 Å². The Balaban J connectivity index is 2.30. The van der Waals surface area contributed by atoms with Crippen LogP contribution >= 0.6 is 0 Å². The third-order valence-electron chi connectivity index (χ3n) is 4.81. The van der Waals surface area contributed by atoms with E-state index in [0.717, 1.165) is 27.9 Å². The summed E-state index contributed by atoms with van der Waals surface area (Å²) in [6.07, 6.45) is -2.26. The highest BCUT2D eigenvalue weighted by Crippen LogP contribution is 2.46. The maximum Gasteiger partial charge on any atom is 0.212 e. The summed E-state index contributed by atoms with van der Waals surface area (Å²) < 4.78 is 59.6. The summed E-state index contributed by atoms with van der Waals surface area (Å²) in [6.45, 7) is 6.73. The molecule has 1 aromatic carbocycles. The number of hydrogen-bond acceptors (Lipinski definition) is 0. The van der Waals surface area contributed by atoms with Gasteiger partial charge in [0.05, 0.1) is 0 Å². The van der Waals surface area contributed by atoms with Gasteiger partial charge >= 0.3 is 0 Å². The van der Waals surface area contributed by atoms with Crippen molar-refractivity contribution in [3.63, 3.8) is 0 Å². The Kier molecular flexibility index (Phi) is 2.17. The summed E-state index contributed by atoms with van der Waals surface area (Å²) in [7, 11) is 1.88. The number of hydrogen-bond donors (Lipinski definition) is 0. The van der Waals surface area contributed by atoms with Crippen molar-refractivity contribution in [1.82, 2.24) is 0 Å². The van der Waals surface area contributed by atoms with Gasteiger partial charge in [-0.15, -0.1) is 0 Å². The standard InChI is InChI=1S/C22H30N/c1-15-8-9-17(16(2)12-15)20-13-18-19(14-23(20)7)22(5,6)11-10-21(18,3)4/h8-9,12-14H,10-11H2,1-7H3/q+1/i1D3,10D2,11D2. The smallest absolute Gasteiger partial charge is 0.201 e. The van der Waals surface area contributed by atoms with Gasteiger partial charge < -0.3 is 0 Å². The molecule has 0 saturated carbocycles. The Labute approximate surface area is 151 Å². The minimum Gasteiger partial charge on any atom is -0.201 e. The number of aryl methyl sites for hydroxylation is 3. The highest BCUT2D eigenvalue weighted by Gasteiger charge is 2.39. The summed E-state index contributed by atoms with van der Waals surface area (Å²) >= 11 is 0. The zero-order valence-electron chi connectivity index (χ0n) is 21.8. The summed E-state index contributed by atoms with van der Waals surface area (Å²) in [4.78, 5) is 0. The maximum absolute atomic E-state index is 8.71. The number of rotatable bonds is 1. The number of fused-ring (bicyclic) bond motifs is 1. The molecule has 0 N–H and O–H groups in total. The molecule has 1 heterocycles. The Morgan fingerprint density at radius 1 is 1.04 bits per heavy atom. The zero-order chi connectivity index (χ0) is 23.1. The van der Waals surface area contributed by atoms with Crippen LogP contribution in [0.3, 0.4) is 0 Å². The molecule has 0 atom stereocenters. The number of benzene rings is 1. The highest BCUT2D eigenvalue weighted by molar-refractivity contribution is 5.63. The first-order valence-corrected chi connectivity index (χ1v) is 8.03. The van der Waals surface area contributed by atoms with Crippen LogP contribution in [-0.4, -0.2) is 0 Å². The molecular formula is C22H30N+. The third kappa shape index (κ3) is 2.71. The highest BCUT2D eigenvalue weighted by atomic mass is 14.9. The van der Waals surface area contributed by atoms with Crippen molar-refractivity contribution in [3.8, 4) is 11.3 Å². The summed E-state index contributed by atoms with van der Waals surface area (Å²) in [5, 5.41) is 0. The zero-order valence-corrected chi connectivity index (χ0v) is 14.8. The Morgan fingerprint density at radius 3 is 2.30 bits per heavy atom. The molecule has 0 aliphatic heterocycles. The van der Waals surface area contributed by atoms with Gasteiger partial charge in [-0.25, -0.2) is 4.57 Å². The molecule has 23 heavy (non-hydrogen) atoms. The van der Waals surface area contributed by atoms with Crippen LogP contribution in [-0.2, 0) is 17.9 Å². The SMILES string of the molecule is [2H]C([2H])([2H])c1ccc(-c2cc3c(c[n+]2C)C(C)(C)C([2H])([2H])C([2H])([2H])C3(C)C)c(C)c1. The molecule has 0 saturated heterocycles. The number of nitrogens with zero attached hydrogens (tertiary/aromatic N) is 1. The molecule has 1 heteroatoms. The van der Waals surface area contributed by atoms with Gasteiger partial charge in [-0.2, -0.15) is 0 Å². The third-order valence-corrected chi connectivity index (χ3v) is 4.81. The van der Waals surface area contributed by atoms with Crippen molar-refractivity contribution in [1.29, 1.82) is 0 Å². The summed E-state index contributed by atoms with van der Waals surface area (Å²) in [5.41, 5.74) is 2.30. The van der Waals surface area contributed by atoms with E-state index >= 15 is 0 Å². The van der Waals surface area contributed by atoms with Gasteiger partial charge in [-0.3, -0.25) is 0 Å². The fourth-order valence-corrected chi connectivity index (χ4v) is 3.33. The largest absolute Gasteiger partial charge is 0.212 e. The predicted octanol–water partition coefficient (Wildman–Crippen LogP) is 5.14. The summed E-state index contributed by atoms with van der Waals surface area (Å²) in [5.74, 6) is 0. The first kappa shape index (κ1) is 9.61. The second kappa shape index (κ2) is 5.19. The molecule has 1 aliphatic carbocycles. The van der Waals surface area contributed by atoms with Gasteiger partial charge in [-0.1, -0.05) is 45.4 Å². The van der Waals surface area contributed by atoms with Gasteiger partial charge in [0.1, 0.15) is 7.05 Å². The minimum atomic E-state index is -2.17. The molecule has 2 aromatic rings. The van der Waals surface area contributed by atoms with Crippen LogP contribution in [0.2, 0.25) is 0 Å². The van der Waals surface area contributed by atoms with Crippen LogP contribution in [0.4, 0.5) is 0 Å². The van der Waals surface area contributed by atoms with Gasteiger partial charge in [0.2, 0.25) is 5.69 Å². The van der Waals surface area contributed by atoms with E-state index in [1.54, 1.807) is 45.9 Å². The molecule has 0 fully saturated rings. The maximum atomic E-state index is 8.71. The van der Waals surface area contributed by atoms with Crippen LogP contribution in [0.5, 0.6) is 0 Å². The molecule has 1 aromatic heterocycles. The number of pyridine rings is 1. The van der Waals surface area contributed by atoms with Crippen molar-refractivity contribution in [2.24, 2.45) is 7.05 Å². The van der Waals surface area contributed by atoms with E-state index in [4.69, 9.17) is 9.60 Å². The van der Waals surface area contributed by atoms with Crippen molar-refractivity contribution in [3.05, 3.63) is 52.7 Å². The lowest BCUT2D eigenvalue weighted by atomic mass is 9.63. The van der Waals surface area contributed by atoms with E-state index in [-0.39, 0.29) is 5.56 Å². The van der Waals surface area contributed by atoms with Gasteiger partial charge in [0.25, 0.3) is 0 Å². The lowest BCUT2D eigenvalue weighted by molar-refractivity contribution is -0.661. The normalized spacial score (nSPS) is 28.0. The first-order valence-electron chi connectivity index (χ1n) is 11.5. The van der Waals surface area contributed by atoms with Crippen LogP contribution in [0.25, 0.3) is 11.3 Å². The van der Waals surface area contributed by atoms with E-state index in [0.29, 0.717) is 0 Å². The lowest BCUT2D eigenvalue weighted by Crippen LogP contribution is -2.40. The van der Waals surface area contributed by atoms with E-state index < -0.39 is 30.4 Å². The van der Waals surface area contributed by atoms with Crippen molar-refractivity contribution >= 4 is 0 Å². The molecule has 0 bridgehead atoms. The average molecular weight is 316 g/mol. The molecule has 122 valence electrons. The molecule has 1 aliphatic rings. The molecular weight excluding hydrogens is 278 g/mol. The minimum absolute atomic E-state index is 0.287. The van der Waals surface area contributed by atoms with E-state index in [9.17, 15) is 0 Å². The average Bonchev–Trinajstić information content (AvgIpc) is 2.59. The van der Waals surface area contributed by atoms with Crippen molar-refractivity contribution in [2.75, 3.05) is 0 Å². The van der Waals surface area contributed by atoms with Crippen LogP contribution in [0, 0.1) is 13.8 Å². The Hall–Kier alpha value is -1.63. The van der Waals surface area contributed by atoms with Crippen LogP contribution < -0.4 is 4.57 Å². The fourth-order valence-electron chi connectivity index (χ4n) is 3.33. The second-order valence-corrected chi connectivity index (χ2v) is 7.63. The fraction of sp³-hybridized carbons (Fsp3) is 0.500. The first-order chi connectivity index (χ1) is 13.4. The van der Waals surface area contributed by atoms with E-state index in [1.807, 2.05) is 30.8 Å². The molecule has 0 radical (unpaired) electrons. The molecule has 1 nitrogen and oxygen atoms in total. The molecule has 0 amide bonds. The Bertz CT molecular complexity index is 1020. The topological polar surface area (TPSA) is 3.88 Å². The van der Waals surface area contributed by atoms with Crippen molar-refractivity contribution in [2.45, 2.75) is 65.0 Å². The van der Waals surface area contributed by atoms with Crippen LogP contribution in [0.1, 0.15) is 72.3 Å². The van der Waals surface area contributed by atoms with E-state index in [2.05, 4.69) is 0 Å². The molecule has 0 spiro atoms. The molecule has 0 unspecified atom stereocenters. The lowest BCUT2D eigenvalue weighted by Gasteiger charge is -2.40. The number of aromatic nitrogens is 1. The molecule has 3 rings (SSSR count). The predicted molar refractivity (Wildman–Crippen MR) is 97.8 cm³/mol. The van der Waals surface area contributed by atoms with Gasteiger partial charge in [-0.05, 0) is 54.5 Å².